The molecule has 0 bridgehead atoms. The number of hydrogen-bond donors (Lipinski definition) is 0. The summed E-state index contributed by atoms with van der Waals surface area (Å²) in [7, 11) is 0. The second-order valence-corrected chi connectivity index (χ2v) is 2.73. The summed E-state index contributed by atoms with van der Waals surface area (Å²) < 4.78 is 0. The Kier molecular flexibility index (Phi) is 7.23. The van der Waals surface area contributed by atoms with Crippen molar-refractivity contribution in [3.05, 3.63) is 23.8 Å². The van der Waals surface area contributed by atoms with E-state index in [4.69, 9.17) is 0 Å². The van der Waals surface area contributed by atoms with Crippen LogP contribution in [0.4, 0.5) is 0 Å². The fraction of sp³-hybridized carbons (Fsp3) is 0.636. The zero-order chi connectivity index (χ0) is 8.53. The number of rotatable bonds is 5. The molecule has 11 heavy (non-hydrogen) atoms. The predicted octanol–water partition coefficient (Wildman–Crippen LogP) is 4.09. The van der Waals surface area contributed by atoms with Crippen molar-refractivity contribution in [1.29, 1.82) is 0 Å². The summed E-state index contributed by atoms with van der Waals surface area (Å²) in [6.45, 7) is 6.51. The molecular weight excluding hydrogens is 132 g/mol. The first-order chi connectivity index (χ1) is 5.35. The summed E-state index contributed by atoms with van der Waals surface area (Å²) >= 11 is 0. The highest BCUT2D eigenvalue weighted by atomic mass is 14.0. The van der Waals surface area contributed by atoms with E-state index in [2.05, 4.69) is 39.0 Å². The molecule has 0 saturated carbocycles. The van der Waals surface area contributed by atoms with Crippen LogP contribution in [0.15, 0.2) is 23.8 Å². The molecule has 64 valence electrons. The van der Waals surface area contributed by atoms with E-state index in [0.717, 1.165) is 0 Å². The van der Waals surface area contributed by atoms with Gasteiger partial charge in [0.05, 0.1) is 0 Å². The van der Waals surface area contributed by atoms with Crippen molar-refractivity contribution in [2.45, 2.75) is 46.5 Å². The number of hydrogen-bond acceptors (Lipinski definition) is 0. The SMILES string of the molecule is C/C=C\CC/C(=C/CC)CC. The van der Waals surface area contributed by atoms with Crippen LogP contribution in [-0.4, -0.2) is 0 Å². The molecule has 0 amide bonds. The fourth-order valence-electron chi connectivity index (χ4n) is 1.15. The second kappa shape index (κ2) is 7.59. The van der Waals surface area contributed by atoms with Crippen molar-refractivity contribution in [3.63, 3.8) is 0 Å². The van der Waals surface area contributed by atoms with Crippen LogP contribution in [0.5, 0.6) is 0 Å². The lowest BCUT2D eigenvalue weighted by atomic mass is 10.1. The van der Waals surface area contributed by atoms with Gasteiger partial charge in [0.1, 0.15) is 0 Å². The monoisotopic (exact) mass is 152 g/mol. The first kappa shape index (κ1) is 10.5. The molecule has 0 spiro atoms. The maximum Gasteiger partial charge on any atom is -0.0286 e. The summed E-state index contributed by atoms with van der Waals surface area (Å²) in [6, 6.07) is 0. The maximum atomic E-state index is 2.35. The van der Waals surface area contributed by atoms with Crippen LogP contribution in [0, 0.1) is 0 Å². The molecule has 0 atom stereocenters. The summed E-state index contributed by atoms with van der Waals surface area (Å²) in [5, 5.41) is 0. The summed E-state index contributed by atoms with van der Waals surface area (Å²) in [6.07, 6.45) is 11.6. The van der Waals surface area contributed by atoms with Gasteiger partial charge in [0.25, 0.3) is 0 Å². The quantitative estimate of drug-likeness (QED) is 0.520. The van der Waals surface area contributed by atoms with Crippen LogP contribution in [0.1, 0.15) is 46.5 Å². The molecule has 0 fully saturated rings. The van der Waals surface area contributed by atoms with Gasteiger partial charge >= 0.3 is 0 Å². The second-order valence-electron chi connectivity index (χ2n) is 2.73. The lowest BCUT2D eigenvalue weighted by Crippen LogP contribution is -1.79. The Morgan fingerprint density at radius 1 is 1.27 bits per heavy atom. The molecular formula is C11H20. The molecule has 0 radical (unpaired) electrons. The van der Waals surface area contributed by atoms with Gasteiger partial charge in [-0.1, -0.05) is 37.6 Å². The highest BCUT2D eigenvalue weighted by Gasteiger charge is 1.90. The van der Waals surface area contributed by atoms with Crippen molar-refractivity contribution in [2.24, 2.45) is 0 Å². The Labute approximate surface area is 71.0 Å². The van der Waals surface area contributed by atoms with E-state index in [9.17, 15) is 0 Å². The first-order valence-electron chi connectivity index (χ1n) is 4.64. The van der Waals surface area contributed by atoms with Crippen LogP contribution in [0.2, 0.25) is 0 Å². The Morgan fingerprint density at radius 3 is 2.45 bits per heavy atom. The van der Waals surface area contributed by atoms with E-state index in [1.807, 2.05) is 0 Å². The molecule has 0 aromatic rings. The minimum absolute atomic E-state index is 1.18. The fourth-order valence-corrected chi connectivity index (χ4v) is 1.15. The Balaban J connectivity index is 3.60. The molecule has 0 aliphatic carbocycles. The van der Waals surface area contributed by atoms with Crippen molar-refractivity contribution in [1.82, 2.24) is 0 Å². The van der Waals surface area contributed by atoms with Gasteiger partial charge in [0, 0.05) is 0 Å². The molecule has 0 heterocycles. The van der Waals surface area contributed by atoms with Gasteiger partial charge in [-0.15, -0.1) is 0 Å². The van der Waals surface area contributed by atoms with Gasteiger partial charge in [-0.2, -0.15) is 0 Å². The van der Waals surface area contributed by atoms with Gasteiger partial charge < -0.3 is 0 Å². The summed E-state index contributed by atoms with van der Waals surface area (Å²) in [4.78, 5) is 0. The van der Waals surface area contributed by atoms with Crippen LogP contribution < -0.4 is 0 Å². The van der Waals surface area contributed by atoms with Crippen LogP contribution >= 0.6 is 0 Å². The molecule has 0 rings (SSSR count). The first-order valence-corrected chi connectivity index (χ1v) is 4.64. The lowest BCUT2D eigenvalue weighted by molar-refractivity contribution is 0.893. The zero-order valence-electron chi connectivity index (χ0n) is 8.06. The largest absolute Gasteiger partial charge is 0.0917 e. The van der Waals surface area contributed by atoms with Gasteiger partial charge in [-0.05, 0) is 32.6 Å². The van der Waals surface area contributed by atoms with Crippen LogP contribution in [0.3, 0.4) is 0 Å². The normalized spacial score (nSPS) is 12.8. The smallest absolute Gasteiger partial charge is 0.0286 e. The highest BCUT2D eigenvalue weighted by Crippen LogP contribution is 2.10. The third kappa shape index (κ3) is 5.90. The van der Waals surface area contributed by atoms with Crippen molar-refractivity contribution in [2.75, 3.05) is 0 Å². The van der Waals surface area contributed by atoms with E-state index in [1.54, 1.807) is 5.57 Å². The lowest BCUT2D eigenvalue weighted by Gasteiger charge is -2.00. The average Bonchev–Trinajstić information content (AvgIpc) is 2.03. The molecule has 0 aromatic carbocycles. The van der Waals surface area contributed by atoms with Crippen molar-refractivity contribution < 1.29 is 0 Å². The van der Waals surface area contributed by atoms with Crippen LogP contribution in [0.25, 0.3) is 0 Å². The highest BCUT2D eigenvalue weighted by molar-refractivity contribution is 5.02. The Bertz CT molecular complexity index is 129. The topological polar surface area (TPSA) is 0 Å². The Morgan fingerprint density at radius 2 is 2.00 bits per heavy atom. The van der Waals surface area contributed by atoms with Crippen molar-refractivity contribution >= 4 is 0 Å². The molecule has 0 aliphatic heterocycles. The molecule has 0 aromatic heterocycles. The van der Waals surface area contributed by atoms with Gasteiger partial charge in [0.2, 0.25) is 0 Å². The molecule has 0 aliphatic rings. The van der Waals surface area contributed by atoms with E-state index >= 15 is 0 Å². The van der Waals surface area contributed by atoms with E-state index in [1.165, 1.54) is 25.7 Å². The van der Waals surface area contributed by atoms with Crippen molar-refractivity contribution in [3.8, 4) is 0 Å². The van der Waals surface area contributed by atoms with Gasteiger partial charge in [-0.25, -0.2) is 0 Å². The number of allylic oxidation sites excluding steroid dienone is 4. The third-order valence-electron chi connectivity index (χ3n) is 1.81. The molecule has 0 unspecified atom stereocenters. The molecule has 0 saturated heterocycles. The minimum Gasteiger partial charge on any atom is -0.0917 e. The molecule has 0 heteroatoms. The molecule has 0 N–H and O–H groups in total. The van der Waals surface area contributed by atoms with Gasteiger partial charge in [0.15, 0.2) is 0 Å². The predicted molar refractivity (Wildman–Crippen MR) is 52.7 cm³/mol. The maximum absolute atomic E-state index is 2.35. The average molecular weight is 152 g/mol. The van der Waals surface area contributed by atoms with E-state index in [-0.39, 0.29) is 0 Å². The minimum atomic E-state index is 1.18. The van der Waals surface area contributed by atoms with E-state index < -0.39 is 0 Å². The van der Waals surface area contributed by atoms with Crippen LogP contribution in [-0.2, 0) is 0 Å². The Hall–Kier alpha value is -0.520. The van der Waals surface area contributed by atoms with Gasteiger partial charge in [-0.3, -0.25) is 0 Å². The third-order valence-corrected chi connectivity index (χ3v) is 1.81. The summed E-state index contributed by atoms with van der Waals surface area (Å²) in [5.74, 6) is 0. The zero-order valence-corrected chi connectivity index (χ0v) is 8.06. The van der Waals surface area contributed by atoms with E-state index in [0.29, 0.717) is 0 Å². The molecule has 0 nitrogen and oxygen atoms in total. The standard InChI is InChI=1S/C11H20/c1-4-7-8-10-11(6-3)9-5-2/h4,7,9H,5-6,8,10H2,1-3H3/b7-4-,11-9+. The summed E-state index contributed by atoms with van der Waals surface area (Å²) in [5.41, 5.74) is 1.60.